The summed E-state index contributed by atoms with van der Waals surface area (Å²) in [5.74, 6) is -0.0633. The van der Waals surface area contributed by atoms with Crippen LogP contribution in [0.3, 0.4) is 0 Å². The minimum absolute atomic E-state index is 0.0380. The van der Waals surface area contributed by atoms with Gasteiger partial charge in [-0.25, -0.2) is 19.1 Å². The number of fused-ring (bicyclic) bond motifs is 3. The van der Waals surface area contributed by atoms with Gasteiger partial charge in [-0.3, -0.25) is 9.36 Å². The minimum Gasteiger partial charge on any atom is -0.465 e. The first-order chi connectivity index (χ1) is 18.1. The number of ether oxygens (including phenoxy) is 3. The van der Waals surface area contributed by atoms with E-state index in [0.717, 1.165) is 20.3 Å². The van der Waals surface area contributed by atoms with Crippen LogP contribution in [0, 0.1) is 0 Å². The molecule has 3 heterocycles. The van der Waals surface area contributed by atoms with E-state index in [2.05, 4.69) is 20.9 Å². The van der Waals surface area contributed by atoms with Crippen LogP contribution < -0.4 is 4.74 Å². The number of imidazole rings is 1. The Morgan fingerprint density at radius 3 is 2.55 bits per heavy atom. The first-order valence-electron chi connectivity index (χ1n) is 11.8. The number of carbonyl (C=O) groups excluding carboxylic acids is 3. The van der Waals surface area contributed by atoms with E-state index < -0.39 is 36.3 Å². The number of esters is 1. The number of Topliss-reactive ketones (excluding diaryl/α,β-unsaturated/α-hetero) is 1. The quantitative estimate of drug-likeness (QED) is 0.216. The first kappa shape index (κ1) is 25.5. The lowest BCUT2D eigenvalue weighted by atomic mass is 10.0. The molecule has 0 bridgehead atoms. The molecule has 4 aromatic rings. The average Bonchev–Trinajstić information content (AvgIpc) is 3.53. The molecule has 0 saturated carbocycles. The Hall–Kier alpha value is -4.18. The maximum Gasteiger partial charge on any atom is 0.419 e. The van der Waals surface area contributed by atoms with Gasteiger partial charge in [0.15, 0.2) is 12.4 Å². The third kappa shape index (κ3) is 4.99. The summed E-state index contributed by atoms with van der Waals surface area (Å²) in [7, 11) is 0. The Labute approximate surface area is 227 Å². The second kappa shape index (κ2) is 9.94. The van der Waals surface area contributed by atoms with E-state index in [4.69, 9.17) is 14.2 Å². The highest BCUT2D eigenvalue weighted by Crippen LogP contribution is 2.42. The molecule has 2 aromatic carbocycles. The van der Waals surface area contributed by atoms with Gasteiger partial charge in [0, 0.05) is 17.3 Å². The van der Waals surface area contributed by atoms with Crippen molar-refractivity contribution < 1.29 is 28.6 Å². The molecule has 0 amide bonds. The van der Waals surface area contributed by atoms with Crippen molar-refractivity contribution in [3.63, 3.8) is 0 Å². The Morgan fingerprint density at radius 2 is 1.82 bits per heavy atom. The van der Waals surface area contributed by atoms with E-state index in [1.54, 1.807) is 45.2 Å². The highest BCUT2D eigenvalue weighted by molar-refractivity contribution is 9.10. The molecule has 1 aliphatic heterocycles. The van der Waals surface area contributed by atoms with Crippen molar-refractivity contribution in [2.24, 2.45) is 0 Å². The average molecular weight is 578 g/mol. The Balaban J connectivity index is 1.33. The summed E-state index contributed by atoms with van der Waals surface area (Å²) in [6.45, 7) is 4.66. The highest BCUT2D eigenvalue weighted by atomic mass is 79.9. The van der Waals surface area contributed by atoms with E-state index in [1.165, 1.54) is 18.3 Å². The van der Waals surface area contributed by atoms with E-state index >= 15 is 0 Å². The Bertz CT molecular complexity index is 1530. The van der Waals surface area contributed by atoms with Crippen molar-refractivity contribution in [1.29, 1.82) is 0 Å². The molecule has 0 spiro atoms. The molecule has 0 aliphatic carbocycles. The number of halogens is 1. The van der Waals surface area contributed by atoms with Crippen LogP contribution in [-0.2, 0) is 9.47 Å². The minimum atomic E-state index is -0.820. The van der Waals surface area contributed by atoms with Crippen LogP contribution >= 0.6 is 15.9 Å². The molecule has 194 valence electrons. The van der Waals surface area contributed by atoms with Crippen LogP contribution in [0.2, 0.25) is 0 Å². The third-order valence-electron chi connectivity index (χ3n) is 5.74. The lowest BCUT2D eigenvalue weighted by molar-refractivity contribution is 0.0425. The lowest BCUT2D eigenvalue weighted by Crippen LogP contribution is -2.29. The third-order valence-corrected chi connectivity index (χ3v) is 6.32. The summed E-state index contributed by atoms with van der Waals surface area (Å²) in [4.78, 5) is 42.5. The summed E-state index contributed by atoms with van der Waals surface area (Å²) in [5.41, 5.74) is 1.18. The molecule has 0 N–H and O–H groups in total. The fourth-order valence-corrected chi connectivity index (χ4v) is 4.51. The van der Waals surface area contributed by atoms with E-state index in [0.29, 0.717) is 17.1 Å². The number of hydrogen-bond donors (Lipinski definition) is 0. The van der Waals surface area contributed by atoms with Gasteiger partial charge < -0.3 is 14.2 Å². The molecule has 1 aliphatic rings. The van der Waals surface area contributed by atoms with Crippen LogP contribution in [0.5, 0.6) is 5.75 Å². The largest absolute Gasteiger partial charge is 0.465 e. The van der Waals surface area contributed by atoms with Crippen molar-refractivity contribution in [3.8, 4) is 17.1 Å². The van der Waals surface area contributed by atoms with Gasteiger partial charge in [0.25, 0.3) is 0 Å². The molecule has 0 radical (unpaired) electrons. The molecular formula is C28H24BrN3O6. The number of nitrogens with zero attached hydrogens (tertiary/aromatic N) is 3. The zero-order valence-corrected chi connectivity index (χ0v) is 22.5. The fraction of sp³-hybridized carbons (Fsp3) is 0.214. The van der Waals surface area contributed by atoms with Gasteiger partial charge in [-0.15, -0.1) is 0 Å². The van der Waals surface area contributed by atoms with E-state index in [9.17, 15) is 14.4 Å². The number of benzene rings is 2. The molecule has 0 unspecified atom stereocenters. The molecular weight excluding hydrogens is 554 g/mol. The topological polar surface area (TPSA) is 102 Å². The van der Waals surface area contributed by atoms with Crippen LogP contribution in [0.15, 0.2) is 77.7 Å². The number of ketones is 1. The van der Waals surface area contributed by atoms with Gasteiger partial charge in [0.05, 0.1) is 11.8 Å². The van der Waals surface area contributed by atoms with Crippen molar-refractivity contribution in [1.82, 2.24) is 14.1 Å². The molecule has 0 saturated heterocycles. The molecule has 0 fully saturated rings. The van der Waals surface area contributed by atoms with Crippen molar-refractivity contribution in [2.75, 3.05) is 6.61 Å². The number of hydrogen-bond acceptors (Lipinski definition) is 7. The van der Waals surface area contributed by atoms with Gasteiger partial charge in [0.2, 0.25) is 6.23 Å². The van der Waals surface area contributed by atoms with Gasteiger partial charge in [-0.1, -0.05) is 36.4 Å². The second-order valence-corrected chi connectivity index (χ2v) is 10.4. The van der Waals surface area contributed by atoms with Crippen LogP contribution in [-0.4, -0.2) is 44.2 Å². The summed E-state index contributed by atoms with van der Waals surface area (Å²) >= 11 is 3.54. The number of rotatable bonds is 5. The molecule has 10 heteroatoms. The molecule has 2 aromatic heterocycles. The predicted molar refractivity (Wildman–Crippen MR) is 141 cm³/mol. The maximum atomic E-state index is 13.0. The van der Waals surface area contributed by atoms with Crippen LogP contribution in [0.4, 0.5) is 4.79 Å². The van der Waals surface area contributed by atoms with Crippen molar-refractivity contribution in [2.45, 2.75) is 32.6 Å². The second-order valence-electron chi connectivity index (χ2n) is 9.61. The van der Waals surface area contributed by atoms with E-state index in [1.807, 2.05) is 34.9 Å². The van der Waals surface area contributed by atoms with Crippen molar-refractivity contribution in [3.05, 3.63) is 94.5 Å². The zero-order chi connectivity index (χ0) is 27.0. The summed E-state index contributed by atoms with van der Waals surface area (Å²) in [6, 6.07) is 17.6. The SMILES string of the molecule is CC(C)(C)OC(=O)n1cccc1C(=O)OCC(=O)c1ccc2c(c1)O[C@@H](c1ccccc1)n1c(Br)cnc1-2. The van der Waals surface area contributed by atoms with Gasteiger partial charge in [-0.05, 0) is 61.0 Å². The van der Waals surface area contributed by atoms with Gasteiger partial charge in [-0.2, -0.15) is 0 Å². The fourth-order valence-electron chi connectivity index (χ4n) is 4.05. The summed E-state index contributed by atoms with van der Waals surface area (Å²) in [6.07, 6.45) is 1.90. The van der Waals surface area contributed by atoms with Crippen LogP contribution in [0.1, 0.15) is 53.4 Å². The lowest BCUT2D eigenvalue weighted by Gasteiger charge is -2.29. The monoisotopic (exact) mass is 577 g/mol. The molecule has 5 rings (SSSR count). The Kier molecular flexibility index (Phi) is 6.66. The van der Waals surface area contributed by atoms with E-state index in [-0.39, 0.29) is 5.69 Å². The number of aromatic nitrogens is 3. The maximum absolute atomic E-state index is 13.0. The first-order valence-corrected chi connectivity index (χ1v) is 12.6. The highest BCUT2D eigenvalue weighted by Gasteiger charge is 2.30. The van der Waals surface area contributed by atoms with Gasteiger partial charge in [0.1, 0.15) is 27.5 Å². The molecule has 38 heavy (non-hydrogen) atoms. The van der Waals surface area contributed by atoms with Gasteiger partial charge >= 0.3 is 12.1 Å². The van der Waals surface area contributed by atoms with Crippen molar-refractivity contribution >= 4 is 33.8 Å². The smallest absolute Gasteiger partial charge is 0.419 e. The summed E-state index contributed by atoms with van der Waals surface area (Å²) in [5, 5.41) is 0. The normalized spacial score (nSPS) is 14.2. The molecule has 9 nitrogen and oxygen atoms in total. The standard InChI is InChI=1S/C28H24BrN3O6/c1-28(2,3)38-27(35)31-13-7-10-20(31)26(34)36-16-21(33)18-11-12-19-22(14-18)37-25(17-8-5-4-6-9-17)32-23(29)15-30-24(19)32/h4-15,25H,16H2,1-3H3/t25-/m0/s1. The predicted octanol–water partition coefficient (Wildman–Crippen LogP) is 5.88. The summed E-state index contributed by atoms with van der Waals surface area (Å²) < 4.78 is 20.6. The Morgan fingerprint density at radius 1 is 1.05 bits per heavy atom. The zero-order valence-electron chi connectivity index (χ0n) is 20.9. The number of carbonyl (C=O) groups is 3. The van der Waals surface area contributed by atoms with Crippen LogP contribution in [0.25, 0.3) is 11.4 Å². The molecule has 1 atom stereocenters.